The van der Waals surface area contributed by atoms with Gasteiger partial charge in [-0.05, 0) is 37.5 Å². The van der Waals surface area contributed by atoms with E-state index < -0.39 is 97.5 Å². The molecule has 0 heterocycles. The summed E-state index contributed by atoms with van der Waals surface area (Å²) in [5.74, 6) is -0.550. The molecule has 2 unspecified atom stereocenters. The Morgan fingerprint density at radius 2 is 0.535 bits per heavy atom. The molecule has 0 saturated heterocycles. The van der Waals surface area contributed by atoms with E-state index in [4.69, 9.17) is 37.0 Å². The van der Waals surface area contributed by atoms with E-state index in [1.807, 2.05) is 0 Å². The van der Waals surface area contributed by atoms with Crippen LogP contribution in [0.1, 0.15) is 337 Å². The monoisotopic (exact) mass is 1270 g/mol. The van der Waals surface area contributed by atoms with Crippen LogP contribution in [0.5, 0.6) is 0 Å². The van der Waals surface area contributed by atoms with Crippen molar-refractivity contribution in [3.8, 4) is 0 Å². The average molecular weight is 1270 g/mol. The third-order valence-corrected chi connectivity index (χ3v) is 17.4. The van der Waals surface area contributed by atoms with Crippen molar-refractivity contribution in [1.29, 1.82) is 0 Å². The first-order chi connectivity index (χ1) is 41.4. The SMILES string of the molecule is CCCCCCCC(=O)OC[C@H](COP(=O)(O)OC[C@H](O)COP(=O)(O)OC[C@@H](COC(=O)CCCCCCCCCCCCCCC(C)C)OC(=O)CCCCCCCCCCCCCCCCCCCCC(C)C)OC(=O)CCCCCCC. The van der Waals surface area contributed by atoms with Crippen molar-refractivity contribution in [3.63, 3.8) is 0 Å². The highest BCUT2D eigenvalue weighted by Crippen LogP contribution is 2.45. The van der Waals surface area contributed by atoms with Gasteiger partial charge in [0, 0.05) is 25.7 Å². The number of hydrogen-bond donors (Lipinski definition) is 3. The largest absolute Gasteiger partial charge is 0.472 e. The van der Waals surface area contributed by atoms with Crippen LogP contribution in [0.4, 0.5) is 0 Å². The quantitative estimate of drug-likeness (QED) is 0.0222. The van der Waals surface area contributed by atoms with Crippen LogP contribution in [0.3, 0.4) is 0 Å². The first kappa shape index (κ1) is 84.1. The Morgan fingerprint density at radius 1 is 0.314 bits per heavy atom. The third-order valence-electron chi connectivity index (χ3n) is 15.5. The summed E-state index contributed by atoms with van der Waals surface area (Å²) in [6, 6.07) is 0. The van der Waals surface area contributed by atoms with E-state index >= 15 is 0 Å². The lowest BCUT2D eigenvalue weighted by Gasteiger charge is -2.21. The van der Waals surface area contributed by atoms with E-state index in [0.29, 0.717) is 25.7 Å². The van der Waals surface area contributed by atoms with Crippen molar-refractivity contribution in [3.05, 3.63) is 0 Å². The molecule has 0 spiro atoms. The number of carbonyl (C=O) groups is 4. The minimum atomic E-state index is -4.94. The number of esters is 4. The van der Waals surface area contributed by atoms with Crippen molar-refractivity contribution < 1.29 is 80.2 Å². The van der Waals surface area contributed by atoms with Crippen LogP contribution in [-0.4, -0.2) is 96.7 Å². The zero-order valence-electron chi connectivity index (χ0n) is 55.6. The molecule has 0 aliphatic heterocycles. The summed E-state index contributed by atoms with van der Waals surface area (Å²) in [5, 5.41) is 10.5. The van der Waals surface area contributed by atoms with Gasteiger partial charge in [-0.2, -0.15) is 0 Å². The second-order valence-corrected chi connectivity index (χ2v) is 28.1. The van der Waals surface area contributed by atoms with Crippen LogP contribution in [0.15, 0.2) is 0 Å². The molecule has 3 N–H and O–H groups in total. The summed E-state index contributed by atoms with van der Waals surface area (Å²) in [4.78, 5) is 71.8. The van der Waals surface area contributed by atoms with E-state index in [-0.39, 0.29) is 25.7 Å². The summed E-state index contributed by atoms with van der Waals surface area (Å²) >= 11 is 0. The fourth-order valence-electron chi connectivity index (χ4n) is 10.1. The standard InChI is InChI=1S/C67H130O17P2/c1-7-9-11-35-43-49-64(69)77-55-62(83-66(71)51-45-36-12-10-8-2)57-81-85(73,74)79-53-61(68)54-80-86(75,76)82-58-63(56-78-65(70)50-44-39-33-29-25-22-21-24-28-32-38-42-48-60(5)6)84-67(72)52-46-40-34-30-26-20-18-16-14-13-15-17-19-23-27-31-37-41-47-59(3)4/h59-63,68H,7-58H2,1-6H3,(H,73,74)(H,75,76)/t61-,62+,63+/m0/s1. The van der Waals surface area contributed by atoms with Gasteiger partial charge in [-0.1, -0.05) is 286 Å². The maximum absolute atomic E-state index is 13.0. The topological polar surface area (TPSA) is 237 Å². The molecule has 19 heteroatoms. The summed E-state index contributed by atoms with van der Waals surface area (Å²) in [6.45, 7) is 9.38. The molecule has 0 amide bonds. The lowest BCUT2D eigenvalue weighted by atomic mass is 10.0. The van der Waals surface area contributed by atoms with Crippen LogP contribution in [0.25, 0.3) is 0 Å². The van der Waals surface area contributed by atoms with Gasteiger partial charge in [0.05, 0.1) is 26.4 Å². The predicted octanol–water partition coefficient (Wildman–Crippen LogP) is 18.8. The molecule has 510 valence electrons. The number of aliphatic hydroxyl groups is 1. The van der Waals surface area contributed by atoms with E-state index in [9.17, 15) is 43.2 Å². The Bertz CT molecular complexity index is 1680. The molecule has 0 aliphatic carbocycles. The first-order valence-electron chi connectivity index (χ1n) is 35.0. The van der Waals surface area contributed by atoms with Crippen molar-refractivity contribution in [2.75, 3.05) is 39.6 Å². The second-order valence-electron chi connectivity index (χ2n) is 25.2. The number of phosphoric acid groups is 2. The van der Waals surface area contributed by atoms with E-state index in [1.165, 1.54) is 148 Å². The summed E-state index contributed by atoms with van der Waals surface area (Å²) in [5.41, 5.74) is 0. The smallest absolute Gasteiger partial charge is 0.462 e. The number of rotatable bonds is 66. The summed E-state index contributed by atoms with van der Waals surface area (Å²) in [6.07, 6.45) is 44.0. The van der Waals surface area contributed by atoms with Crippen LogP contribution >= 0.6 is 15.6 Å². The van der Waals surface area contributed by atoms with E-state index in [2.05, 4.69) is 41.5 Å². The van der Waals surface area contributed by atoms with Gasteiger partial charge in [0.1, 0.15) is 19.3 Å². The van der Waals surface area contributed by atoms with Crippen LogP contribution in [0.2, 0.25) is 0 Å². The van der Waals surface area contributed by atoms with E-state index in [1.54, 1.807) is 0 Å². The average Bonchev–Trinajstić information content (AvgIpc) is 3.65. The highest BCUT2D eigenvalue weighted by Gasteiger charge is 2.30. The summed E-state index contributed by atoms with van der Waals surface area (Å²) < 4.78 is 67.7. The van der Waals surface area contributed by atoms with Gasteiger partial charge in [0.25, 0.3) is 0 Å². The predicted molar refractivity (Wildman–Crippen MR) is 345 cm³/mol. The molecule has 0 aromatic heterocycles. The molecule has 0 rings (SSSR count). The minimum absolute atomic E-state index is 0.0988. The zero-order chi connectivity index (χ0) is 63.6. The van der Waals surface area contributed by atoms with E-state index in [0.717, 1.165) is 108 Å². The summed E-state index contributed by atoms with van der Waals surface area (Å²) in [7, 11) is -9.87. The van der Waals surface area contributed by atoms with Crippen molar-refractivity contribution >= 4 is 39.5 Å². The molecule has 17 nitrogen and oxygen atoms in total. The molecule has 0 aromatic rings. The Labute approximate surface area is 524 Å². The highest BCUT2D eigenvalue weighted by molar-refractivity contribution is 7.47. The molecule has 0 radical (unpaired) electrons. The molecule has 0 saturated carbocycles. The van der Waals surface area contributed by atoms with Crippen molar-refractivity contribution in [2.24, 2.45) is 11.8 Å². The molecule has 5 atom stereocenters. The Kier molecular flexibility index (Phi) is 58.0. The van der Waals surface area contributed by atoms with Crippen LogP contribution in [0, 0.1) is 11.8 Å². The maximum Gasteiger partial charge on any atom is 0.472 e. The number of hydrogen-bond acceptors (Lipinski definition) is 15. The maximum atomic E-state index is 13.0. The fourth-order valence-corrected chi connectivity index (χ4v) is 11.6. The Hall–Kier alpha value is -1.94. The molecular formula is C67H130O17P2. The van der Waals surface area contributed by atoms with Gasteiger partial charge in [-0.3, -0.25) is 37.3 Å². The van der Waals surface area contributed by atoms with Gasteiger partial charge in [0.2, 0.25) is 0 Å². The van der Waals surface area contributed by atoms with Gasteiger partial charge in [0.15, 0.2) is 12.2 Å². The lowest BCUT2D eigenvalue weighted by Crippen LogP contribution is -2.30. The molecule has 0 aromatic carbocycles. The first-order valence-corrected chi connectivity index (χ1v) is 38.0. The van der Waals surface area contributed by atoms with Crippen molar-refractivity contribution in [1.82, 2.24) is 0 Å². The number of ether oxygens (including phenoxy) is 4. The third kappa shape index (κ3) is 60.9. The van der Waals surface area contributed by atoms with Crippen LogP contribution < -0.4 is 0 Å². The number of unbranched alkanes of at least 4 members (excludes halogenated alkanes) is 36. The number of phosphoric ester groups is 2. The van der Waals surface area contributed by atoms with Gasteiger partial charge >= 0.3 is 39.5 Å². The minimum Gasteiger partial charge on any atom is -0.462 e. The second kappa shape index (κ2) is 59.4. The molecule has 86 heavy (non-hydrogen) atoms. The highest BCUT2D eigenvalue weighted by atomic mass is 31.2. The molecule has 0 aliphatic rings. The van der Waals surface area contributed by atoms with Gasteiger partial charge in [-0.15, -0.1) is 0 Å². The zero-order valence-corrected chi connectivity index (χ0v) is 57.4. The molecular weight excluding hydrogens is 1140 g/mol. The normalized spacial score (nSPS) is 14.2. The number of carbonyl (C=O) groups excluding carboxylic acids is 4. The molecule has 0 bridgehead atoms. The Morgan fingerprint density at radius 3 is 0.791 bits per heavy atom. The van der Waals surface area contributed by atoms with Crippen molar-refractivity contribution in [2.45, 2.75) is 355 Å². The lowest BCUT2D eigenvalue weighted by molar-refractivity contribution is -0.161. The number of aliphatic hydroxyl groups excluding tert-OH is 1. The van der Waals surface area contributed by atoms with Crippen LogP contribution in [-0.2, 0) is 65.4 Å². The fraction of sp³-hybridized carbons (Fsp3) is 0.940. The molecule has 0 fully saturated rings. The van der Waals surface area contributed by atoms with Gasteiger partial charge in [-0.25, -0.2) is 9.13 Å². The Balaban J connectivity index is 5.05. The van der Waals surface area contributed by atoms with Gasteiger partial charge < -0.3 is 33.8 Å².